The summed E-state index contributed by atoms with van der Waals surface area (Å²) in [6, 6.07) is 0. The third kappa shape index (κ3) is 2.28. The van der Waals surface area contributed by atoms with Crippen molar-refractivity contribution in [2.75, 3.05) is 6.54 Å². The van der Waals surface area contributed by atoms with Gasteiger partial charge < -0.3 is 0 Å². The van der Waals surface area contributed by atoms with E-state index in [-0.39, 0.29) is 4.48 Å². The number of unbranched alkanes of at least 4 members (excludes halogenated alkanes) is 1. The molecule has 0 bridgehead atoms. The maximum atomic E-state index is 11.9. The van der Waals surface area contributed by atoms with Crippen molar-refractivity contribution in [3.05, 3.63) is 10.2 Å². The number of halogens is 2. The second-order valence-electron chi connectivity index (χ2n) is 3.35. The van der Waals surface area contributed by atoms with Crippen LogP contribution in [0.4, 0.5) is 0 Å². The molecule has 0 aromatic heterocycles. The number of carbonyl (C=O) groups excluding carboxylic acids is 1. The Kier molecular flexibility index (Phi) is 4.42. The predicted molar refractivity (Wildman–Crippen MR) is 67.9 cm³/mol. The van der Waals surface area contributed by atoms with E-state index < -0.39 is 16.1 Å². The molecule has 0 fully saturated rings. The highest BCUT2D eigenvalue weighted by atomic mass is 79.9. The molecule has 8 heteroatoms. The van der Waals surface area contributed by atoms with Crippen LogP contribution >= 0.6 is 32.1 Å². The molecule has 0 N–H and O–H groups in total. The van der Waals surface area contributed by atoms with Gasteiger partial charge >= 0.3 is 10.2 Å². The van der Waals surface area contributed by atoms with Crippen LogP contribution in [0.5, 0.6) is 0 Å². The van der Waals surface area contributed by atoms with E-state index in [1.807, 2.05) is 6.92 Å². The monoisotopic (exact) mass is 374 g/mol. The molecule has 1 amide bonds. The molecule has 0 saturated heterocycles. The maximum Gasteiger partial charge on any atom is 0.338 e. The van der Waals surface area contributed by atoms with E-state index in [9.17, 15) is 13.2 Å². The number of allylic oxidation sites excluding steroid dienone is 1. The van der Waals surface area contributed by atoms with Gasteiger partial charge in [0, 0.05) is 12.2 Å². The molecular weight excluding hydrogens is 364 g/mol. The fourth-order valence-electron chi connectivity index (χ4n) is 1.29. The Hall–Kier alpha value is -0.0800. The van der Waals surface area contributed by atoms with E-state index >= 15 is 0 Å². The second-order valence-corrected chi connectivity index (χ2v) is 7.03. The van der Waals surface area contributed by atoms with Crippen molar-refractivity contribution in [2.45, 2.75) is 26.7 Å². The molecule has 1 heterocycles. The lowest BCUT2D eigenvalue weighted by Gasteiger charge is -2.32. The summed E-state index contributed by atoms with van der Waals surface area (Å²) < 4.78 is 25.9. The van der Waals surface area contributed by atoms with E-state index in [4.69, 9.17) is 0 Å². The van der Waals surface area contributed by atoms with Gasteiger partial charge in [-0.05, 0) is 29.3 Å². The zero-order valence-corrected chi connectivity index (χ0v) is 12.9. The summed E-state index contributed by atoms with van der Waals surface area (Å²) in [6.45, 7) is 3.95. The Morgan fingerprint density at radius 2 is 1.94 bits per heavy atom. The van der Waals surface area contributed by atoms with Crippen molar-refractivity contribution in [2.24, 2.45) is 0 Å². The molecule has 0 radical (unpaired) electrons. The van der Waals surface area contributed by atoms with Gasteiger partial charge in [0.25, 0.3) is 5.91 Å². The number of carbonyl (C=O) groups is 1. The minimum Gasteiger partial charge on any atom is -0.266 e. The maximum absolute atomic E-state index is 11.9. The fourth-order valence-corrected chi connectivity index (χ4v) is 4.07. The van der Waals surface area contributed by atoms with Gasteiger partial charge in [-0.3, -0.25) is 9.10 Å². The van der Waals surface area contributed by atoms with Crippen molar-refractivity contribution in [1.29, 1.82) is 0 Å². The third-order valence-electron chi connectivity index (χ3n) is 2.24. The van der Waals surface area contributed by atoms with Crippen molar-refractivity contribution in [3.8, 4) is 0 Å². The average Bonchev–Trinajstić information content (AvgIpc) is 2.24. The lowest BCUT2D eigenvalue weighted by Crippen LogP contribution is -2.46. The zero-order valence-electron chi connectivity index (χ0n) is 8.90. The highest BCUT2D eigenvalue weighted by Gasteiger charge is 2.39. The summed E-state index contributed by atoms with van der Waals surface area (Å²) in [5, 5.41) is 0. The lowest BCUT2D eigenvalue weighted by molar-refractivity contribution is -0.118. The summed E-state index contributed by atoms with van der Waals surface area (Å²) in [7, 11) is -3.76. The first-order valence-corrected chi connectivity index (χ1v) is 7.63. The molecule has 1 rings (SSSR count). The van der Waals surface area contributed by atoms with Crippen molar-refractivity contribution >= 4 is 48.2 Å². The number of hydrogen-bond donors (Lipinski definition) is 0. The summed E-state index contributed by atoms with van der Waals surface area (Å²) in [4.78, 5) is 11.5. The first kappa shape index (κ1) is 14.0. The minimum atomic E-state index is -3.76. The Morgan fingerprint density at radius 1 is 1.38 bits per heavy atom. The van der Waals surface area contributed by atoms with Gasteiger partial charge in [0.05, 0.1) is 16.1 Å². The topological polar surface area (TPSA) is 57.7 Å². The molecule has 0 aromatic rings. The molecule has 1 aliphatic rings. The number of amides is 1. The van der Waals surface area contributed by atoms with E-state index in [0.717, 1.165) is 12.8 Å². The van der Waals surface area contributed by atoms with Crippen LogP contribution in [0, 0.1) is 0 Å². The fraction of sp³-hybridized carbons (Fsp3) is 0.625. The van der Waals surface area contributed by atoms with Gasteiger partial charge in [-0.15, -0.1) is 3.33 Å². The molecule has 0 saturated carbocycles. The molecule has 0 aliphatic carbocycles. The highest BCUT2D eigenvalue weighted by molar-refractivity contribution is 9.12. The van der Waals surface area contributed by atoms with Crippen LogP contribution in [0.25, 0.3) is 0 Å². The summed E-state index contributed by atoms with van der Waals surface area (Å²) in [6.07, 6.45) is 1.62. The van der Waals surface area contributed by atoms with Crippen molar-refractivity contribution < 1.29 is 13.2 Å². The molecule has 0 aromatic carbocycles. The van der Waals surface area contributed by atoms with Crippen LogP contribution in [-0.4, -0.2) is 28.5 Å². The van der Waals surface area contributed by atoms with Gasteiger partial charge in [-0.1, -0.05) is 13.3 Å². The standard InChI is InChI=1S/C8H12Br2N2O3S/c1-3-4-5-11-6(2)7(9)8(13)12(10)16(11,14)15/h3-5H2,1-2H3. The molecule has 0 unspecified atom stereocenters. The predicted octanol–water partition coefficient (Wildman–Crippen LogP) is 2.11. The first-order valence-electron chi connectivity index (χ1n) is 4.73. The first-order chi connectivity index (χ1) is 7.34. The summed E-state index contributed by atoms with van der Waals surface area (Å²) in [5.41, 5.74) is 0.425. The van der Waals surface area contributed by atoms with Crippen LogP contribution < -0.4 is 0 Å². The smallest absolute Gasteiger partial charge is 0.266 e. The Morgan fingerprint density at radius 3 is 2.44 bits per heavy atom. The van der Waals surface area contributed by atoms with Crippen LogP contribution in [0.1, 0.15) is 26.7 Å². The number of hydrogen-bond acceptors (Lipinski definition) is 3. The Labute approximate surface area is 112 Å². The Bertz CT molecular complexity index is 433. The van der Waals surface area contributed by atoms with E-state index in [1.54, 1.807) is 6.92 Å². The number of rotatable bonds is 3. The normalized spacial score (nSPS) is 20.6. The van der Waals surface area contributed by atoms with Crippen LogP contribution in [0.3, 0.4) is 0 Å². The lowest BCUT2D eigenvalue weighted by atomic mass is 10.3. The SMILES string of the molecule is CCCCN1C(C)=C(Br)C(=O)N(Br)S1(=O)=O. The molecular formula is C8H12Br2N2O3S. The second kappa shape index (κ2) is 5.05. The summed E-state index contributed by atoms with van der Waals surface area (Å²) >= 11 is 5.86. The van der Waals surface area contributed by atoms with Crippen molar-refractivity contribution in [3.63, 3.8) is 0 Å². The van der Waals surface area contributed by atoms with Crippen LogP contribution in [0.15, 0.2) is 10.2 Å². The number of nitrogens with zero attached hydrogens (tertiary/aromatic N) is 2. The van der Waals surface area contributed by atoms with E-state index in [0.29, 0.717) is 15.6 Å². The van der Waals surface area contributed by atoms with E-state index in [2.05, 4.69) is 32.1 Å². The van der Waals surface area contributed by atoms with Gasteiger partial charge in [-0.25, -0.2) is 0 Å². The van der Waals surface area contributed by atoms with Gasteiger partial charge in [0.2, 0.25) is 0 Å². The van der Waals surface area contributed by atoms with Crippen molar-refractivity contribution in [1.82, 2.24) is 7.64 Å². The van der Waals surface area contributed by atoms with Crippen LogP contribution in [-0.2, 0) is 15.0 Å². The Balaban J connectivity index is 3.18. The molecule has 16 heavy (non-hydrogen) atoms. The molecule has 5 nitrogen and oxygen atoms in total. The quantitative estimate of drug-likeness (QED) is 0.710. The highest BCUT2D eigenvalue weighted by Crippen LogP contribution is 2.31. The van der Waals surface area contributed by atoms with Crippen LogP contribution in [0.2, 0.25) is 0 Å². The molecule has 92 valence electrons. The zero-order chi connectivity index (χ0) is 12.5. The average molecular weight is 376 g/mol. The van der Waals surface area contributed by atoms with E-state index in [1.165, 1.54) is 4.31 Å². The largest absolute Gasteiger partial charge is 0.338 e. The van der Waals surface area contributed by atoms with Gasteiger partial charge in [-0.2, -0.15) is 8.42 Å². The van der Waals surface area contributed by atoms with Gasteiger partial charge in [0.15, 0.2) is 0 Å². The molecule has 0 spiro atoms. The molecule has 0 atom stereocenters. The summed E-state index contributed by atoms with van der Waals surface area (Å²) in [5.74, 6) is -0.606. The minimum absolute atomic E-state index is 0.260. The van der Waals surface area contributed by atoms with Gasteiger partial charge in [0.1, 0.15) is 4.48 Å². The molecule has 1 aliphatic heterocycles. The third-order valence-corrected chi connectivity index (χ3v) is 6.15.